The van der Waals surface area contributed by atoms with Crippen molar-refractivity contribution in [1.82, 2.24) is 9.80 Å². The maximum absolute atomic E-state index is 13.2. The fraction of sp³-hybridized carbons (Fsp3) is 0.385. The largest absolute Gasteiger partial charge is 0.507 e. The molecule has 0 aromatic heterocycles. The summed E-state index contributed by atoms with van der Waals surface area (Å²) in [6, 6.07) is 11.3. The van der Waals surface area contributed by atoms with E-state index in [1.807, 2.05) is 0 Å². The Labute approximate surface area is 204 Å². The second-order valence-electron chi connectivity index (χ2n) is 8.29. The van der Waals surface area contributed by atoms with Crippen LogP contribution < -0.4 is 14.2 Å². The molecule has 2 aliphatic heterocycles. The number of morpholine rings is 1. The smallest absolute Gasteiger partial charge is 0.295 e. The molecule has 0 radical (unpaired) electrons. The van der Waals surface area contributed by atoms with Gasteiger partial charge < -0.3 is 29.0 Å². The van der Waals surface area contributed by atoms with Gasteiger partial charge in [0.25, 0.3) is 11.7 Å². The van der Waals surface area contributed by atoms with Crippen molar-refractivity contribution < 1.29 is 33.6 Å². The number of carbonyl (C=O) groups excluding carboxylic acids is 2. The van der Waals surface area contributed by atoms with Crippen LogP contribution in [0, 0.1) is 0 Å². The minimum Gasteiger partial charge on any atom is -0.507 e. The van der Waals surface area contributed by atoms with Crippen LogP contribution in [0.1, 0.15) is 17.2 Å². The minimum absolute atomic E-state index is 0.0364. The number of ether oxygens (including phenoxy) is 4. The van der Waals surface area contributed by atoms with Gasteiger partial charge in [0, 0.05) is 31.7 Å². The highest BCUT2D eigenvalue weighted by atomic mass is 16.5. The van der Waals surface area contributed by atoms with Gasteiger partial charge in [-0.3, -0.25) is 14.5 Å². The summed E-state index contributed by atoms with van der Waals surface area (Å²) in [4.78, 5) is 30.1. The number of nitrogens with zero attached hydrogens (tertiary/aromatic N) is 2. The van der Waals surface area contributed by atoms with Gasteiger partial charge in [-0.2, -0.15) is 0 Å². The monoisotopic (exact) mass is 482 g/mol. The molecule has 2 aromatic carbocycles. The van der Waals surface area contributed by atoms with E-state index in [-0.39, 0.29) is 11.3 Å². The predicted molar refractivity (Wildman–Crippen MR) is 129 cm³/mol. The van der Waals surface area contributed by atoms with Crippen LogP contribution in [-0.4, -0.2) is 87.3 Å². The van der Waals surface area contributed by atoms with Crippen molar-refractivity contribution in [3.8, 4) is 17.2 Å². The van der Waals surface area contributed by atoms with E-state index in [1.54, 1.807) is 49.6 Å². The number of hydrogen-bond acceptors (Lipinski definition) is 8. The molecular weight excluding hydrogens is 452 g/mol. The molecule has 1 atom stereocenters. The summed E-state index contributed by atoms with van der Waals surface area (Å²) in [5.41, 5.74) is 1.09. The molecule has 2 aromatic rings. The zero-order chi connectivity index (χ0) is 24.9. The third-order valence-electron chi connectivity index (χ3n) is 6.39. The highest BCUT2D eigenvalue weighted by Gasteiger charge is 2.46. The van der Waals surface area contributed by atoms with Gasteiger partial charge in [-0.1, -0.05) is 12.1 Å². The van der Waals surface area contributed by atoms with Crippen molar-refractivity contribution in [3.05, 3.63) is 59.2 Å². The van der Waals surface area contributed by atoms with E-state index in [1.165, 1.54) is 19.1 Å². The van der Waals surface area contributed by atoms with Gasteiger partial charge in [-0.25, -0.2) is 0 Å². The summed E-state index contributed by atoms with van der Waals surface area (Å²) in [5, 5.41) is 11.3. The SMILES string of the molecule is COc1ccc([C@H]2/C(=C(\O)c3ccc(OC)c(OC)c3)C(=O)C(=O)N2CCN2CCOCC2)cc1. The molecule has 4 rings (SSSR count). The van der Waals surface area contributed by atoms with E-state index in [0.717, 1.165) is 13.1 Å². The Morgan fingerprint density at radius 2 is 1.63 bits per heavy atom. The summed E-state index contributed by atoms with van der Waals surface area (Å²) < 4.78 is 21.3. The van der Waals surface area contributed by atoms with Crippen molar-refractivity contribution in [2.75, 3.05) is 60.7 Å². The van der Waals surface area contributed by atoms with Gasteiger partial charge in [0.2, 0.25) is 0 Å². The van der Waals surface area contributed by atoms with Gasteiger partial charge in [0.05, 0.1) is 46.2 Å². The topological polar surface area (TPSA) is 97.8 Å². The Balaban J connectivity index is 1.75. The van der Waals surface area contributed by atoms with Crippen LogP contribution in [0.5, 0.6) is 17.2 Å². The first-order valence-electron chi connectivity index (χ1n) is 11.4. The average molecular weight is 483 g/mol. The average Bonchev–Trinajstić information content (AvgIpc) is 3.16. The molecule has 9 heteroatoms. The van der Waals surface area contributed by atoms with Crippen LogP contribution >= 0.6 is 0 Å². The molecule has 2 heterocycles. The summed E-state index contributed by atoms with van der Waals surface area (Å²) in [7, 11) is 4.57. The van der Waals surface area contributed by atoms with Crippen molar-refractivity contribution in [1.29, 1.82) is 0 Å². The number of amides is 1. The van der Waals surface area contributed by atoms with E-state index in [0.29, 0.717) is 54.7 Å². The molecule has 0 saturated carbocycles. The van der Waals surface area contributed by atoms with E-state index in [2.05, 4.69) is 4.90 Å². The highest BCUT2D eigenvalue weighted by molar-refractivity contribution is 6.46. The van der Waals surface area contributed by atoms with Crippen LogP contribution in [0.3, 0.4) is 0 Å². The van der Waals surface area contributed by atoms with Crippen LogP contribution in [0.25, 0.3) is 5.76 Å². The molecule has 1 amide bonds. The molecule has 0 unspecified atom stereocenters. The Kier molecular flexibility index (Phi) is 7.57. The van der Waals surface area contributed by atoms with E-state index in [9.17, 15) is 14.7 Å². The summed E-state index contributed by atoms with van der Waals surface area (Å²) in [6.07, 6.45) is 0. The van der Waals surface area contributed by atoms with Crippen LogP contribution in [0.2, 0.25) is 0 Å². The molecule has 186 valence electrons. The van der Waals surface area contributed by atoms with Crippen molar-refractivity contribution >= 4 is 17.4 Å². The number of methoxy groups -OCH3 is 3. The van der Waals surface area contributed by atoms with Crippen molar-refractivity contribution in [2.45, 2.75) is 6.04 Å². The number of carbonyl (C=O) groups is 2. The maximum Gasteiger partial charge on any atom is 0.295 e. The maximum atomic E-state index is 13.2. The third kappa shape index (κ3) is 4.96. The molecular formula is C26H30N2O7. The van der Waals surface area contributed by atoms with Gasteiger partial charge in [0.1, 0.15) is 11.5 Å². The number of aliphatic hydroxyl groups excluding tert-OH is 1. The molecule has 2 aliphatic rings. The summed E-state index contributed by atoms with van der Waals surface area (Å²) in [6.45, 7) is 3.75. The molecule has 2 saturated heterocycles. The molecule has 9 nitrogen and oxygen atoms in total. The summed E-state index contributed by atoms with van der Waals surface area (Å²) in [5.74, 6) is -0.0834. The number of hydrogen-bond donors (Lipinski definition) is 1. The quantitative estimate of drug-likeness (QED) is 0.348. The second kappa shape index (κ2) is 10.8. The van der Waals surface area contributed by atoms with Crippen molar-refractivity contribution in [3.63, 3.8) is 0 Å². The van der Waals surface area contributed by atoms with Crippen LogP contribution in [0.15, 0.2) is 48.0 Å². The minimum atomic E-state index is -0.741. The zero-order valence-electron chi connectivity index (χ0n) is 20.2. The van der Waals surface area contributed by atoms with Gasteiger partial charge in [0.15, 0.2) is 11.5 Å². The lowest BCUT2D eigenvalue weighted by Gasteiger charge is -2.31. The van der Waals surface area contributed by atoms with E-state index in [4.69, 9.17) is 18.9 Å². The first kappa shape index (κ1) is 24.6. The first-order chi connectivity index (χ1) is 17.0. The highest BCUT2D eigenvalue weighted by Crippen LogP contribution is 2.41. The number of likely N-dealkylation sites (tertiary alicyclic amines) is 1. The Morgan fingerprint density at radius 1 is 0.943 bits per heavy atom. The van der Waals surface area contributed by atoms with Crippen molar-refractivity contribution in [2.24, 2.45) is 0 Å². The predicted octanol–water partition coefficient (Wildman–Crippen LogP) is 2.47. The second-order valence-corrected chi connectivity index (χ2v) is 8.29. The summed E-state index contributed by atoms with van der Waals surface area (Å²) >= 11 is 0. The fourth-order valence-corrected chi connectivity index (χ4v) is 4.46. The van der Waals surface area contributed by atoms with E-state index < -0.39 is 17.7 Å². The molecule has 35 heavy (non-hydrogen) atoms. The first-order valence-corrected chi connectivity index (χ1v) is 11.4. The molecule has 2 fully saturated rings. The number of Topliss-reactive ketones (excluding diaryl/α,β-unsaturated/α-hetero) is 1. The van der Waals surface area contributed by atoms with Gasteiger partial charge >= 0.3 is 0 Å². The Bertz CT molecular complexity index is 1110. The molecule has 0 bridgehead atoms. The van der Waals surface area contributed by atoms with Crippen LogP contribution in [-0.2, 0) is 14.3 Å². The fourth-order valence-electron chi connectivity index (χ4n) is 4.46. The number of rotatable bonds is 8. The zero-order valence-corrected chi connectivity index (χ0v) is 20.2. The Hall–Kier alpha value is -3.56. The lowest BCUT2D eigenvalue weighted by atomic mass is 9.95. The van der Waals surface area contributed by atoms with Crippen LogP contribution in [0.4, 0.5) is 0 Å². The molecule has 1 N–H and O–H groups in total. The Morgan fingerprint density at radius 3 is 2.26 bits per heavy atom. The normalized spacial score (nSPS) is 20.2. The number of benzene rings is 2. The standard InChI is InChI=1S/C26H30N2O7/c1-32-19-7-4-17(5-8-19)23-22(24(29)18-6-9-20(33-2)21(16-18)34-3)25(30)26(31)28(23)11-10-27-12-14-35-15-13-27/h4-9,16,23,29H,10-15H2,1-3H3/b24-22+/t23-/m0/s1. The van der Waals surface area contributed by atoms with Gasteiger partial charge in [-0.15, -0.1) is 0 Å². The molecule has 0 spiro atoms. The van der Waals surface area contributed by atoms with Gasteiger partial charge in [-0.05, 0) is 35.9 Å². The van der Waals surface area contributed by atoms with E-state index >= 15 is 0 Å². The lowest BCUT2D eigenvalue weighted by molar-refractivity contribution is -0.140. The number of aliphatic hydroxyl groups is 1. The molecule has 0 aliphatic carbocycles. The number of ketones is 1. The third-order valence-corrected chi connectivity index (χ3v) is 6.39. The lowest BCUT2D eigenvalue weighted by Crippen LogP contribution is -2.42.